The first kappa shape index (κ1) is 20.0. The van der Waals surface area contributed by atoms with Crippen LogP contribution in [0.4, 0.5) is 0 Å². The van der Waals surface area contributed by atoms with E-state index in [1.165, 1.54) is 38.5 Å². The number of aliphatic imine (C=N–C) groups is 1. The van der Waals surface area contributed by atoms with Gasteiger partial charge in [-0.2, -0.15) is 0 Å². The normalized spacial score (nSPS) is 15.7. The highest BCUT2D eigenvalue weighted by molar-refractivity contribution is 5.78. The predicted molar refractivity (Wildman–Crippen MR) is 112 cm³/mol. The highest BCUT2D eigenvalue weighted by Crippen LogP contribution is 2.30. The zero-order valence-electron chi connectivity index (χ0n) is 16.6. The van der Waals surface area contributed by atoms with Gasteiger partial charge in [0.1, 0.15) is 0 Å². The summed E-state index contributed by atoms with van der Waals surface area (Å²) in [4.78, 5) is 8.83. The van der Waals surface area contributed by atoms with Crippen LogP contribution in [0.2, 0.25) is 0 Å². The van der Waals surface area contributed by atoms with Gasteiger partial charge in [-0.3, -0.25) is 0 Å². The van der Waals surface area contributed by atoms with Gasteiger partial charge in [0.25, 0.3) is 0 Å². The molecule has 2 aromatic rings. The Morgan fingerprint density at radius 1 is 1.11 bits per heavy atom. The maximum atomic E-state index is 6.06. The van der Waals surface area contributed by atoms with Crippen molar-refractivity contribution in [2.75, 3.05) is 6.61 Å². The number of aromatic nitrogens is 1. The van der Waals surface area contributed by atoms with E-state index < -0.39 is 0 Å². The standard InChI is InChI=1S/C22H30N4O2/c1-2-27-19-11-7-8-12-20(19)28-21-14-13-17(15-24-21)16-25-22(23)26-18-9-5-3-4-6-10-18/h7-8,11-15,18H,2-6,9-10,16H2,1H3,(H3,23,25,26). The van der Waals surface area contributed by atoms with Gasteiger partial charge in [-0.1, -0.05) is 43.9 Å². The van der Waals surface area contributed by atoms with Crippen molar-refractivity contribution in [3.05, 3.63) is 48.2 Å². The first-order valence-corrected chi connectivity index (χ1v) is 10.2. The average molecular weight is 383 g/mol. The van der Waals surface area contributed by atoms with Gasteiger partial charge in [0.05, 0.1) is 13.2 Å². The smallest absolute Gasteiger partial charge is 0.219 e. The van der Waals surface area contributed by atoms with Crippen LogP contribution in [0.1, 0.15) is 51.0 Å². The molecule has 1 fully saturated rings. The fraction of sp³-hybridized carbons (Fsp3) is 0.455. The van der Waals surface area contributed by atoms with E-state index in [0.717, 1.165) is 5.56 Å². The number of benzene rings is 1. The molecule has 1 saturated carbocycles. The molecule has 28 heavy (non-hydrogen) atoms. The minimum atomic E-state index is 0.450. The van der Waals surface area contributed by atoms with Crippen molar-refractivity contribution in [3.8, 4) is 17.4 Å². The van der Waals surface area contributed by atoms with Crippen molar-refractivity contribution in [2.45, 2.75) is 58.0 Å². The molecule has 0 bridgehead atoms. The fourth-order valence-corrected chi connectivity index (χ4v) is 3.34. The molecule has 1 heterocycles. The Hall–Kier alpha value is -2.76. The second kappa shape index (κ2) is 10.5. The Morgan fingerprint density at radius 3 is 2.54 bits per heavy atom. The number of guanidine groups is 1. The van der Waals surface area contributed by atoms with E-state index in [1.807, 2.05) is 43.3 Å². The van der Waals surface area contributed by atoms with E-state index in [2.05, 4.69) is 15.3 Å². The lowest BCUT2D eigenvalue weighted by Gasteiger charge is -2.16. The number of para-hydroxylation sites is 2. The minimum Gasteiger partial charge on any atom is -0.490 e. The van der Waals surface area contributed by atoms with Crippen LogP contribution in [-0.2, 0) is 6.54 Å². The Balaban J connectivity index is 1.54. The van der Waals surface area contributed by atoms with Crippen LogP contribution in [0.5, 0.6) is 17.4 Å². The number of ether oxygens (including phenoxy) is 2. The molecule has 0 saturated heterocycles. The second-order valence-electron chi connectivity index (χ2n) is 7.02. The van der Waals surface area contributed by atoms with Gasteiger partial charge in [-0.25, -0.2) is 9.98 Å². The highest BCUT2D eigenvalue weighted by Gasteiger charge is 2.12. The Morgan fingerprint density at radius 2 is 1.86 bits per heavy atom. The number of hydrogen-bond donors (Lipinski definition) is 2. The maximum Gasteiger partial charge on any atom is 0.219 e. The van der Waals surface area contributed by atoms with E-state index >= 15 is 0 Å². The van der Waals surface area contributed by atoms with Gasteiger partial charge < -0.3 is 20.5 Å². The summed E-state index contributed by atoms with van der Waals surface area (Å²) in [5.74, 6) is 2.39. The summed E-state index contributed by atoms with van der Waals surface area (Å²) in [5, 5.41) is 3.36. The van der Waals surface area contributed by atoms with Crippen molar-refractivity contribution in [1.29, 1.82) is 0 Å². The molecule has 1 aromatic heterocycles. The van der Waals surface area contributed by atoms with Crippen molar-refractivity contribution >= 4 is 5.96 Å². The van der Waals surface area contributed by atoms with E-state index in [-0.39, 0.29) is 0 Å². The van der Waals surface area contributed by atoms with Crippen LogP contribution in [0, 0.1) is 0 Å². The average Bonchev–Trinajstić information content (AvgIpc) is 2.98. The number of rotatable bonds is 7. The lowest BCUT2D eigenvalue weighted by Crippen LogP contribution is -2.39. The summed E-state index contributed by atoms with van der Waals surface area (Å²) in [6.45, 7) is 3.02. The Bertz CT molecular complexity index is 753. The Labute approximate surface area is 167 Å². The number of hydrogen-bond acceptors (Lipinski definition) is 4. The molecule has 0 radical (unpaired) electrons. The summed E-state index contributed by atoms with van der Waals surface area (Å²) in [5.41, 5.74) is 7.04. The van der Waals surface area contributed by atoms with E-state index in [1.54, 1.807) is 6.20 Å². The first-order valence-electron chi connectivity index (χ1n) is 10.2. The van der Waals surface area contributed by atoms with Crippen LogP contribution in [0.15, 0.2) is 47.6 Å². The molecule has 3 rings (SSSR count). The molecule has 0 spiro atoms. The van der Waals surface area contributed by atoms with Crippen molar-refractivity contribution in [2.24, 2.45) is 10.7 Å². The summed E-state index contributed by atoms with van der Waals surface area (Å²) in [6, 6.07) is 11.8. The van der Waals surface area contributed by atoms with Gasteiger partial charge in [-0.05, 0) is 37.5 Å². The van der Waals surface area contributed by atoms with E-state index in [9.17, 15) is 0 Å². The third kappa shape index (κ3) is 6.15. The molecule has 150 valence electrons. The summed E-state index contributed by atoms with van der Waals surface area (Å²) in [7, 11) is 0. The monoisotopic (exact) mass is 382 g/mol. The summed E-state index contributed by atoms with van der Waals surface area (Å²) < 4.78 is 11.4. The summed E-state index contributed by atoms with van der Waals surface area (Å²) in [6.07, 6.45) is 9.29. The third-order valence-electron chi connectivity index (χ3n) is 4.80. The molecule has 6 nitrogen and oxygen atoms in total. The van der Waals surface area contributed by atoms with Crippen LogP contribution in [0.25, 0.3) is 0 Å². The Kier molecular flexibility index (Phi) is 7.53. The maximum absolute atomic E-state index is 6.06. The second-order valence-corrected chi connectivity index (χ2v) is 7.02. The third-order valence-corrected chi connectivity index (χ3v) is 4.80. The molecule has 6 heteroatoms. The molecule has 0 unspecified atom stereocenters. The van der Waals surface area contributed by atoms with Crippen LogP contribution in [-0.4, -0.2) is 23.6 Å². The van der Waals surface area contributed by atoms with Crippen molar-refractivity contribution in [3.63, 3.8) is 0 Å². The topological polar surface area (TPSA) is 81.8 Å². The SMILES string of the molecule is CCOc1ccccc1Oc1ccc(CN=C(N)NC2CCCCCC2)cn1. The molecule has 1 aliphatic rings. The largest absolute Gasteiger partial charge is 0.490 e. The van der Waals surface area contributed by atoms with Crippen molar-refractivity contribution in [1.82, 2.24) is 10.3 Å². The number of pyridine rings is 1. The van der Waals surface area contributed by atoms with Crippen LogP contribution in [0.3, 0.4) is 0 Å². The van der Waals surface area contributed by atoms with Gasteiger partial charge in [0.15, 0.2) is 17.5 Å². The minimum absolute atomic E-state index is 0.450. The zero-order chi connectivity index (χ0) is 19.6. The summed E-state index contributed by atoms with van der Waals surface area (Å²) >= 11 is 0. The van der Waals surface area contributed by atoms with Gasteiger partial charge in [0.2, 0.25) is 5.88 Å². The molecular formula is C22H30N4O2. The van der Waals surface area contributed by atoms with Crippen LogP contribution < -0.4 is 20.5 Å². The number of nitrogens with one attached hydrogen (secondary N) is 1. The van der Waals surface area contributed by atoms with Crippen LogP contribution >= 0.6 is 0 Å². The van der Waals surface area contributed by atoms with Gasteiger partial charge >= 0.3 is 0 Å². The van der Waals surface area contributed by atoms with Gasteiger partial charge in [0, 0.05) is 18.3 Å². The molecule has 1 aromatic carbocycles. The van der Waals surface area contributed by atoms with E-state index in [4.69, 9.17) is 15.2 Å². The molecular weight excluding hydrogens is 352 g/mol. The molecule has 1 aliphatic carbocycles. The first-order chi connectivity index (χ1) is 13.7. The number of nitrogens with two attached hydrogens (primary N) is 1. The van der Waals surface area contributed by atoms with Crippen molar-refractivity contribution < 1.29 is 9.47 Å². The molecule has 0 aliphatic heterocycles. The fourth-order valence-electron chi connectivity index (χ4n) is 3.34. The molecule has 0 amide bonds. The highest BCUT2D eigenvalue weighted by atomic mass is 16.5. The quantitative estimate of drug-likeness (QED) is 0.421. The number of nitrogens with zero attached hydrogens (tertiary/aromatic N) is 2. The molecule has 3 N–H and O–H groups in total. The van der Waals surface area contributed by atoms with E-state index in [0.29, 0.717) is 42.5 Å². The molecule has 0 atom stereocenters. The van der Waals surface area contributed by atoms with Gasteiger partial charge in [-0.15, -0.1) is 0 Å². The lowest BCUT2D eigenvalue weighted by molar-refractivity contribution is 0.319. The lowest BCUT2D eigenvalue weighted by atomic mass is 10.1. The predicted octanol–water partition coefficient (Wildman–Crippen LogP) is 4.40. The zero-order valence-corrected chi connectivity index (χ0v) is 16.6.